The van der Waals surface area contributed by atoms with E-state index in [1.807, 2.05) is 43.3 Å². The highest BCUT2D eigenvalue weighted by molar-refractivity contribution is 7.91. The molecule has 5 aliphatic rings. The van der Waals surface area contributed by atoms with Crippen LogP contribution < -0.4 is 14.2 Å². The van der Waals surface area contributed by atoms with Crippen molar-refractivity contribution in [3.8, 4) is 11.8 Å². The zero-order valence-electron chi connectivity index (χ0n) is 33.7. The Balaban J connectivity index is 1.24. The number of allylic oxidation sites excluding steroid dienone is 2. The SMILES string of the molecule is C[C@H]1CC/C=C\[C@@H]2C[C@@]2(C(=O)NS(=O)(=O)C2(CF)CC2)CC(=O)[C@@H]2C[C@@H](Oc3nc4c(c5ccccc35)CCCO4)CN2C(=O)[C@@H](CC(=O)OC(C)(C)C)[C@H](C)C1. The average molecular weight is 810 g/mol. The summed E-state index contributed by atoms with van der Waals surface area (Å²) < 4.78 is 59.2. The standard InChI is InChI=1S/C43H56FN3O9S/c1-26-11-6-7-12-28-22-43(28,40(51)46-57(52,53)42(25-44)16-17-42)23-35(48)34-20-29(24-47(34)39(50)33(27(2)19-26)21-36(49)56-41(3,4)5)55-38-32-14-9-8-13-30(32)31-15-10-18-54-37(31)45-38/h7-9,12-14,26-29,33-34H,6,10-11,15-25H2,1-5H3,(H,46,51)/b12-7-/t26-,27+,28+,29+,33-,34-,43+/m0/s1. The quantitative estimate of drug-likeness (QED) is 0.241. The van der Waals surface area contributed by atoms with Gasteiger partial charge < -0.3 is 19.1 Å². The van der Waals surface area contributed by atoms with Crippen molar-refractivity contribution in [3.05, 3.63) is 42.0 Å². The molecule has 7 atom stereocenters. The number of hydrogen-bond donors (Lipinski definition) is 1. The van der Waals surface area contributed by atoms with Crippen LogP contribution in [-0.2, 0) is 40.4 Å². The normalized spacial score (nSPS) is 30.7. The first-order chi connectivity index (χ1) is 27.0. The summed E-state index contributed by atoms with van der Waals surface area (Å²) in [6, 6.07) is 6.72. The van der Waals surface area contributed by atoms with E-state index in [4.69, 9.17) is 19.2 Å². The number of esters is 1. The minimum Gasteiger partial charge on any atom is -0.477 e. The topological polar surface area (TPSA) is 158 Å². The number of carbonyl (C=O) groups is 4. The zero-order valence-corrected chi connectivity index (χ0v) is 34.5. The van der Waals surface area contributed by atoms with E-state index >= 15 is 0 Å². The molecule has 2 aromatic rings. The van der Waals surface area contributed by atoms with Crippen LogP contribution in [0.15, 0.2) is 36.4 Å². The molecular formula is C43H56FN3O9S. The summed E-state index contributed by atoms with van der Waals surface area (Å²) in [6.45, 7) is 8.81. The molecule has 4 heterocycles. The highest BCUT2D eigenvalue weighted by Crippen LogP contribution is 2.58. The molecule has 3 aliphatic heterocycles. The Morgan fingerprint density at radius 1 is 1.11 bits per heavy atom. The minimum absolute atomic E-state index is 0.0200. The number of nitrogens with zero attached hydrogens (tertiary/aromatic N) is 2. The number of benzene rings is 1. The summed E-state index contributed by atoms with van der Waals surface area (Å²) in [4.78, 5) is 63.3. The smallest absolute Gasteiger partial charge is 0.307 e. The van der Waals surface area contributed by atoms with Crippen LogP contribution in [0.3, 0.4) is 0 Å². The summed E-state index contributed by atoms with van der Waals surface area (Å²) in [7, 11) is -4.34. The Kier molecular flexibility index (Phi) is 11.2. The number of ether oxygens (including phenoxy) is 3. The number of fused-ring (bicyclic) bond motifs is 5. The fraction of sp³-hybridized carbons (Fsp3) is 0.651. The van der Waals surface area contributed by atoms with Gasteiger partial charge in [-0.25, -0.2) is 12.8 Å². The van der Waals surface area contributed by atoms with E-state index in [9.17, 15) is 32.0 Å². The third-order valence-corrected chi connectivity index (χ3v) is 14.8. The van der Waals surface area contributed by atoms with E-state index in [0.717, 1.165) is 35.6 Å². The van der Waals surface area contributed by atoms with Crippen molar-refractivity contribution in [1.29, 1.82) is 0 Å². The van der Waals surface area contributed by atoms with Crippen molar-refractivity contribution in [2.75, 3.05) is 19.8 Å². The maximum atomic E-state index is 14.9. The van der Waals surface area contributed by atoms with Crippen LogP contribution in [0.5, 0.6) is 11.8 Å². The largest absolute Gasteiger partial charge is 0.477 e. The lowest BCUT2D eigenvalue weighted by atomic mass is 9.82. The lowest BCUT2D eigenvalue weighted by molar-refractivity contribution is -0.160. The number of aryl methyl sites for hydroxylation is 1. The fourth-order valence-corrected chi connectivity index (χ4v) is 10.5. The Hall–Kier alpha value is -4.07. The summed E-state index contributed by atoms with van der Waals surface area (Å²) >= 11 is 0. The van der Waals surface area contributed by atoms with Crippen molar-refractivity contribution in [3.63, 3.8) is 0 Å². The Morgan fingerprint density at radius 2 is 1.84 bits per heavy atom. The van der Waals surface area contributed by atoms with Gasteiger partial charge in [-0.05, 0) is 101 Å². The third-order valence-electron chi connectivity index (χ3n) is 12.7. The van der Waals surface area contributed by atoms with Gasteiger partial charge >= 0.3 is 5.97 Å². The van der Waals surface area contributed by atoms with Crippen LogP contribution in [0.2, 0.25) is 0 Å². The lowest BCUT2D eigenvalue weighted by Crippen LogP contribution is -2.48. The van der Waals surface area contributed by atoms with Gasteiger partial charge in [-0.3, -0.25) is 23.9 Å². The number of rotatable bonds is 8. The summed E-state index contributed by atoms with van der Waals surface area (Å²) in [5.41, 5.74) is -1.16. The molecule has 12 nitrogen and oxygen atoms in total. The van der Waals surface area contributed by atoms with Crippen molar-refractivity contribution in [2.45, 2.75) is 128 Å². The summed E-state index contributed by atoms with van der Waals surface area (Å²) in [6.07, 6.45) is 6.99. The van der Waals surface area contributed by atoms with E-state index in [-0.39, 0.29) is 62.8 Å². The van der Waals surface area contributed by atoms with Gasteiger partial charge in [-0.15, -0.1) is 0 Å². The summed E-state index contributed by atoms with van der Waals surface area (Å²) in [5.74, 6) is -2.61. The second kappa shape index (κ2) is 15.6. The van der Waals surface area contributed by atoms with Gasteiger partial charge in [0.1, 0.15) is 23.1 Å². The molecule has 57 heavy (non-hydrogen) atoms. The molecule has 310 valence electrons. The van der Waals surface area contributed by atoms with Crippen LogP contribution in [-0.4, -0.2) is 84.2 Å². The number of halogens is 1. The molecule has 1 saturated heterocycles. The molecule has 0 unspecified atom stereocenters. The minimum atomic E-state index is -4.34. The number of ketones is 1. The van der Waals surface area contributed by atoms with E-state index in [2.05, 4.69) is 11.6 Å². The van der Waals surface area contributed by atoms with Gasteiger partial charge in [0.2, 0.25) is 33.6 Å². The number of carbonyl (C=O) groups excluding carboxylic acids is 4. The Bertz CT molecular complexity index is 2060. The monoisotopic (exact) mass is 809 g/mol. The molecule has 2 saturated carbocycles. The number of pyridine rings is 1. The molecular weight excluding hydrogens is 754 g/mol. The van der Waals surface area contributed by atoms with Crippen molar-refractivity contribution < 1.29 is 46.2 Å². The predicted octanol–water partition coefficient (Wildman–Crippen LogP) is 6.18. The third kappa shape index (κ3) is 8.43. The van der Waals surface area contributed by atoms with Crippen LogP contribution in [0, 0.1) is 29.1 Å². The van der Waals surface area contributed by atoms with Gasteiger partial charge in [-0.2, -0.15) is 4.98 Å². The highest BCUT2D eigenvalue weighted by Gasteiger charge is 2.63. The van der Waals surface area contributed by atoms with Crippen LogP contribution in [0.4, 0.5) is 4.39 Å². The Morgan fingerprint density at radius 3 is 2.54 bits per heavy atom. The molecule has 3 fully saturated rings. The first-order valence-electron chi connectivity index (χ1n) is 20.5. The number of alkyl halides is 1. The van der Waals surface area contributed by atoms with E-state index in [0.29, 0.717) is 31.2 Å². The second-order valence-electron chi connectivity index (χ2n) is 18.3. The molecule has 14 heteroatoms. The molecule has 7 rings (SSSR count). The Labute approximate surface area is 334 Å². The maximum Gasteiger partial charge on any atom is 0.307 e. The maximum absolute atomic E-state index is 14.9. The van der Waals surface area contributed by atoms with Gasteiger partial charge in [0.05, 0.1) is 36.9 Å². The van der Waals surface area contributed by atoms with Gasteiger partial charge in [0, 0.05) is 23.8 Å². The number of Topliss-reactive ketones (excluding diaryl/α,β-unsaturated/α-hetero) is 1. The number of nitrogens with one attached hydrogen (secondary N) is 1. The van der Waals surface area contributed by atoms with Crippen LogP contribution in [0.25, 0.3) is 10.8 Å². The van der Waals surface area contributed by atoms with E-state index in [1.54, 1.807) is 20.8 Å². The van der Waals surface area contributed by atoms with Crippen molar-refractivity contribution in [2.24, 2.45) is 29.1 Å². The van der Waals surface area contributed by atoms with Crippen molar-refractivity contribution >= 4 is 44.4 Å². The second-order valence-corrected chi connectivity index (χ2v) is 20.3. The fourth-order valence-electron chi connectivity index (χ4n) is 9.10. The number of amides is 2. The number of sulfonamides is 1. The first kappa shape index (κ1) is 41.1. The lowest BCUT2D eigenvalue weighted by Gasteiger charge is -2.32. The first-order valence-corrected chi connectivity index (χ1v) is 22.0. The van der Waals surface area contributed by atoms with Gasteiger partial charge in [-0.1, -0.05) is 44.2 Å². The van der Waals surface area contributed by atoms with Crippen molar-refractivity contribution in [1.82, 2.24) is 14.6 Å². The zero-order chi connectivity index (χ0) is 40.9. The molecule has 0 spiro atoms. The van der Waals surface area contributed by atoms with Crippen LogP contribution >= 0.6 is 0 Å². The number of aromatic nitrogens is 1. The molecule has 2 aliphatic carbocycles. The molecule has 1 aromatic carbocycles. The summed E-state index contributed by atoms with van der Waals surface area (Å²) in [5, 5.41) is 1.73. The van der Waals surface area contributed by atoms with E-state index < -0.39 is 74.1 Å². The number of hydrogen-bond acceptors (Lipinski definition) is 10. The van der Waals surface area contributed by atoms with Gasteiger partial charge in [0.15, 0.2) is 5.78 Å². The molecule has 0 bridgehead atoms. The molecule has 0 radical (unpaired) electrons. The predicted molar refractivity (Wildman–Crippen MR) is 211 cm³/mol. The molecule has 1 aromatic heterocycles. The van der Waals surface area contributed by atoms with Gasteiger partial charge in [0.25, 0.3) is 0 Å². The van der Waals surface area contributed by atoms with Crippen LogP contribution in [0.1, 0.15) is 104 Å². The average Bonchev–Trinajstić information content (AvgIpc) is 4.06. The van der Waals surface area contributed by atoms with E-state index in [1.165, 1.54) is 4.90 Å². The molecule has 1 N–H and O–H groups in total. The highest BCUT2D eigenvalue weighted by atomic mass is 32.2. The molecule has 2 amide bonds.